The van der Waals surface area contributed by atoms with E-state index in [9.17, 15) is 0 Å². The average Bonchev–Trinajstić information content (AvgIpc) is 3.92. The minimum absolute atomic E-state index is 0.548. The van der Waals surface area contributed by atoms with E-state index in [1.165, 1.54) is 0 Å². The minimum atomic E-state index is 0.548. The van der Waals surface area contributed by atoms with Gasteiger partial charge >= 0.3 is 0 Å². The number of hydrogen-bond acceptors (Lipinski definition) is 5. The van der Waals surface area contributed by atoms with Crippen LogP contribution in [0.2, 0.25) is 0 Å². The molecule has 6 nitrogen and oxygen atoms in total. The molecule has 6 heteroatoms. The Balaban J connectivity index is 1.25. The van der Waals surface area contributed by atoms with E-state index in [-0.39, 0.29) is 0 Å². The van der Waals surface area contributed by atoms with E-state index in [0.29, 0.717) is 5.95 Å². The minimum Gasteiger partial charge on any atom is -0.456 e. The van der Waals surface area contributed by atoms with Crippen molar-refractivity contribution in [2.45, 2.75) is 0 Å². The van der Waals surface area contributed by atoms with Gasteiger partial charge in [0, 0.05) is 48.7 Å². The molecule has 0 aliphatic heterocycles. The Labute approximate surface area is 282 Å². The summed E-state index contributed by atoms with van der Waals surface area (Å²) < 4.78 is 22.1. The zero-order valence-corrected chi connectivity index (χ0v) is 26.3. The van der Waals surface area contributed by atoms with Crippen LogP contribution >= 0.6 is 0 Å². The molecule has 0 spiro atoms. The summed E-state index contributed by atoms with van der Waals surface area (Å²) in [6.45, 7) is 0. The van der Waals surface area contributed by atoms with Crippen LogP contribution in [-0.4, -0.2) is 14.5 Å². The lowest BCUT2D eigenvalue weighted by molar-refractivity contribution is 0.667. The number of hydrogen-bond donors (Lipinski definition) is 0. The van der Waals surface area contributed by atoms with Gasteiger partial charge in [-0.15, -0.1) is 0 Å². The summed E-state index contributed by atoms with van der Waals surface area (Å²) in [5.74, 6) is 0.548. The predicted octanol–water partition coefficient (Wildman–Crippen LogP) is 12.1. The molecule has 0 radical (unpaired) electrons. The first-order valence-electron chi connectivity index (χ1n) is 16.7. The lowest BCUT2D eigenvalue weighted by Crippen LogP contribution is -2.03. The highest BCUT2D eigenvalue weighted by Crippen LogP contribution is 2.48. The normalized spacial score (nSPS) is 12.4. The van der Waals surface area contributed by atoms with Crippen molar-refractivity contribution in [1.82, 2.24) is 14.5 Å². The number of fused-ring (bicyclic) bond motifs is 16. The summed E-state index contributed by atoms with van der Waals surface area (Å²) in [6, 6.07) is 47.5. The van der Waals surface area contributed by atoms with E-state index < -0.39 is 0 Å². The zero-order chi connectivity index (χ0) is 32.5. The molecule has 0 saturated heterocycles. The number of para-hydroxylation sites is 5. The SMILES string of the molecule is c1ccc2c(-c3ccc4c(c3)oc3ccccc34)nc(-n3c4ccccc4c4c5oc6ccccc6c5c5c6ccccc6oc5c43)nc2c1. The zero-order valence-electron chi connectivity index (χ0n) is 26.3. The maximum Gasteiger partial charge on any atom is 0.235 e. The maximum atomic E-state index is 6.83. The maximum absolute atomic E-state index is 6.83. The fourth-order valence-electron chi connectivity index (χ4n) is 8.08. The van der Waals surface area contributed by atoms with Gasteiger partial charge in [-0.05, 0) is 42.5 Å². The third kappa shape index (κ3) is 3.32. The van der Waals surface area contributed by atoms with Crippen molar-refractivity contribution in [1.29, 1.82) is 0 Å². The van der Waals surface area contributed by atoms with Gasteiger partial charge < -0.3 is 13.3 Å². The van der Waals surface area contributed by atoms with Gasteiger partial charge in [-0.2, -0.15) is 0 Å². The molecule has 232 valence electrons. The second kappa shape index (κ2) is 9.36. The van der Waals surface area contributed by atoms with E-state index >= 15 is 0 Å². The molecular formula is C44H23N3O3. The molecule has 0 bridgehead atoms. The van der Waals surface area contributed by atoms with Gasteiger partial charge in [-0.1, -0.05) is 97.1 Å². The van der Waals surface area contributed by atoms with Gasteiger partial charge in [0.05, 0.1) is 22.1 Å². The number of rotatable bonds is 2. The van der Waals surface area contributed by atoms with E-state index in [0.717, 1.165) is 110 Å². The van der Waals surface area contributed by atoms with Crippen molar-refractivity contribution in [3.63, 3.8) is 0 Å². The Morgan fingerprint density at radius 2 is 1.00 bits per heavy atom. The second-order valence-corrected chi connectivity index (χ2v) is 12.9. The van der Waals surface area contributed by atoms with E-state index in [1.54, 1.807) is 0 Å². The molecule has 0 N–H and O–H groups in total. The summed E-state index contributed by atoms with van der Waals surface area (Å²) in [5, 5.41) is 9.31. The Kier molecular flexibility index (Phi) is 4.89. The monoisotopic (exact) mass is 641 g/mol. The molecule has 5 aromatic heterocycles. The summed E-state index contributed by atoms with van der Waals surface area (Å²) >= 11 is 0. The first-order chi connectivity index (χ1) is 24.8. The van der Waals surface area contributed by atoms with Crippen molar-refractivity contribution >= 4 is 98.5 Å². The molecule has 12 rings (SSSR count). The van der Waals surface area contributed by atoms with E-state index in [4.69, 9.17) is 23.2 Å². The van der Waals surface area contributed by atoms with Crippen LogP contribution in [-0.2, 0) is 0 Å². The summed E-state index contributed by atoms with van der Waals surface area (Å²) in [6.07, 6.45) is 0. The first-order valence-corrected chi connectivity index (χ1v) is 16.7. The number of aromatic nitrogens is 3. The molecule has 0 fully saturated rings. The standard InChI is InChI=1S/C44H23N3O3/c1-6-16-31-27(12-1)40(24-21-22-26-25-11-3-8-18-33(25)48-36(26)23-24)46-44(45-31)47-32-17-7-2-13-28(32)39-41(47)43-38(30-15-5-10-20-35(30)50-43)37-29-14-4-9-19-34(29)49-42(37)39/h1-23H. The molecule has 50 heavy (non-hydrogen) atoms. The average molecular weight is 642 g/mol. The Morgan fingerprint density at radius 3 is 1.78 bits per heavy atom. The van der Waals surface area contributed by atoms with E-state index in [1.807, 2.05) is 60.7 Å². The molecule has 0 saturated carbocycles. The van der Waals surface area contributed by atoms with Crippen molar-refractivity contribution in [3.05, 3.63) is 140 Å². The number of benzene rings is 7. The van der Waals surface area contributed by atoms with Gasteiger partial charge in [0.15, 0.2) is 5.58 Å². The van der Waals surface area contributed by atoms with Crippen LogP contribution in [0.15, 0.2) is 153 Å². The van der Waals surface area contributed by atoms with Crippen molar-refractivity contribution in [3.8, 4) is 17.2 Å². The predicted molar refractivity (Wildman–Crippen MR) is 201 cm³/mol. The highest BCUT2D eigenvalue weighted by molar-refractivity contribution is 6.38. The van der Waals surface area contributed by atoms with Crippen LogP contribution in [0.1, 0.15) is 0 Å². The first kappa shape index (κ1) is 26.1. The largest absolute Gasteiger partial charge is 0.456 e. The topological polar surface area (TPSA) is 70.1 Å². The Bertz CT molecular complexity index is 3400. The molecule has 0 amide bonds. The van der Waals surface area contributed by atoms with Gasteiger partial charge in [0.2, 0.25) is 5.95 Å². The third-order valence-electron chi connectivity index (χ3n) is 10.2. The molecule has 7 aromatic carbocycles. The van der Waals surface area contributed by atoms with Gasteiger partial charge in [-0.3, -0.25) is 4.57 Å². The molecule has 0 atom stereocenters. The Hall–Kier alpha value is -6.92. The molecule has 0 unspecified atom stereocenters. The van der Waals surface area contributed by atoms with Crippen molar-refractivity contribution in [2.75, 3.05) is 0 Å². The van der Waals surface area contributed by atoms with Gasteiger partial charge in [-0.25, -0.2) is 9.97 Å². The molecule has 0 aliphatic rings. The lowest BCUT2D eigenvalue weighted by atomic mass is 10.0. The molecule has 12 aromatic rings. The Morgan fingerprint density at radius 1 is 0.420 bits per heavy atom. The van der Waals surface area contributed by atoms with Crippen LogP contribution < -0.4 is 0 Å². The summed E-state index contributed by atoms with van der Waals surface area (Å²) in [5.41, 5.74) is 9.39. The van der Waals surface area contributed by atoms with Crippen LogP contribution in [0.5, 0.6) is 0 Å². The van der Waals surface area contributed by atoms with E-state index in [2.05, 4.69) is 83.4 Å². The lowest BCUT2D eigenvalue weighted by Gasteiger charge is -2.12. The fourth-order valence-corrected chi connectivity index (χ4v) is 8.08. The number of furan rings is 3. The van der Waals surface area contributed by atoms with Crippen LogP contribution in [0.4, 0.5) is 0 Å². The fraction of sp³-hybridized carbons (Fsp3) is 0. The van der Waals surface area contributed by atoms with Crippen molar-refractivity contribution < 1.29 is 13.3 Å². The summed E-state index contributed by atoms with van der Waals surface area (Å²) in [4.78, 5) is 10.6. The van der Waals surface area contributed by atoms with Crippen molar-refractivity contribution in [2.24, 2.45) is 0 Å². The second-order valence-electron chi connectivity index (χ2n) is 12.9. The molecule has 5 heterocycles. The molecule has 0 aliphatic carbocycles. The molecular weight excluding hydrogens is 619 g/mol. The summed E-state index contributed by atoms with van der Waals surface area (Å²) in [7, 11) is 0. The van der Waals surface area contributed by atoms with Gasteiger partial charge in [0.25, 0.3) is 0 Å². The van der Waals surface area contributed by atoms with Crippen LogP contribution in [0.3, 0.4) is 0 Å². The third-order valence-corrected chi connectivity index (χ3v) is 10.2. The quantitative estimate of drug-likeness (QED) is 0.188. The van der Waals surface area contributed by atoms with Crippen LogP contribution in [0.25, 0.3) is 116 Å². The highest BCUT2D eigenvalue weighted by Gasteiger charge is 2.27. The van der Waals surface area contributed by atoms with Crippen LogP contribution in [0, 0.1) is 0 Å². The smallest absolute Gasteiger partial charge is 0.235 e. The van der Waals surface area contributed by atoms with Gasteiger partial charge in [0.1, 0.15) is 33.4 Å². The number of nitrogens with zero attached hydrogens (tertiary/aromatic N) is 3. The highest BCUT2D eigenvalue weighted by atomic mass is 16.3.